The first-order valence-electron chi connectivity index (χ1n) is 18.6. The van der Waals surface area contributed by atoms with Crippen molar-refractivity contribution in [3.05, 3.63) is 108 Å². The molecule has 2 aliphatic heterocycles. The summed E-state index contributed by atoms with van der Waals surface area (Å²) in [6.07, 6.45) is -19.7. The topological polar surface area (TPSA) is 184 Å². The van der Waals surface area contributed by atoms with Crippen LogP contribution in [0.4, 0.5) is 13.2 Å². The zero-order chi connectivity index (χ0) is 42.5. The molecule has 2 aliphatic rings. The van der Waals surface area contributed by atoms with Gasteiger partial charge in [0, 0.05) is 20.8 Å². The van der Waals surface area contributed by atoms with E-state index >= 15 is 0 Å². The fourth-order valence-electron chi connectivity index (χ4n) is 6.53. The summed E-state index contributed by atoms with van der Waals surface area (Å²) in [5.41, 5.74) is 2.29. The van der Waals surface area contributed by atoms with Crippen molar-refractivity contribution in [1.82, 2.24) is 5.32 Å². The highest BCUT2D eigenvalue weighted by Crippen LogP contribution is 2.35. The molecule has 2 N–H and O–H groups in total. The molecule has 3 aromatic carbocycles. The Balaban J connectivity index is 1.54. The van der Waals surface area contributed by atoms with Crippen molar-refractivity contribution in [3.8, 4) is 0 Å². The number of carbonyl (C=O) groups excluding carboxylic acids is 4. The maximum atomic E-state index is 13.8. The van der Waals surface area contributed by atoms with Crippen molar-refractivity contribution in [2.75, 3.05) is 13.2 Å². The van der Waals surface area contributed by atoms with E-state index < -0.39 is 97.9 Å². The molecule has 2 heterocycles. The molecule has 15 nitrogen and oxygen atoms in total. The molecule has 18 heteroatoms. The molecule has 2 saturated heterocycles. The molecule has 320 valence electrons. The minimum absolute atomic E-state index is 0.00527. The fourth-order valence-corrected chi connectivity index (χ4v) is 6.53. The number of rotatable bonds is 17. The summed E-state index contributed by atoms with van der Waals surface area (Å²) < 4.78 is 94.6. The van der Waals surface area contributed by atoms with Gasteiger partial charge in [0.1, 0.15) is 43.2 Å². The van der Waals surface area contributed by atoms with E-state index in [1.54, 1.807) is 47.8 Å². The van der Waals surface area contributed by atoms with Gasteiger partial charge in [-0.15, -0.1) is 0 Å². The molecule has 0 aromatic heterocycles. The number of hydrogen-bond acceptors (Lipinski definition) is 14. The average molecular weight is 834 g/mol. The Labute approximate surface area is 337 Å². The van der Waals surface area contributed by atoms with Crippen LogP contribution in [-0.4, -0.2) is 110 Å². The van der Waals surface area contributed by atoms with Crippen molar-refractivity contribution >= 4 is 23.8 Å². The third kappa shape index (κ3) is 13.3. The molecule has 0 saturated carbocycles. The molecule has 3 aromatic rings. The van der Waals surface area contributed by atoms with Crippen molar-refractivity contribution in [3.63, 3.8) is 0 Å². The van der Waals surface area contributed by atoms with Crippen LogP contribution in [0.15, 0.2) is 91.0 Å². The number of nitrogens with one attached hydrogen (secondary N) is 1. The summed E-state index contributed by atoms with van der Waals surface area (Å²) in [7, 11) is 0. The van der Waals surface area contributed by atoms with Crippen molar-refractivity contribution in [2.45, 2.75) is 108 Å². The van der Waals surface area contributed by atoms with Gasteiger partial charge in [-0.2, -0.15) is 13.2 Å². The van der Waals surface area contributed by atoms with Gasteiger partial charge in [-0.1, -0.05) is 91.0 Å². The number of aliphatic hydroxyl groups is 1. The van der Waals surface area contributed by atoms with E-state index in [1.165, 1.54) is 0 Å². The molecular formula is C41H46F3NO14. The van der Waals surface area contributed by atoms with E-state index in [4.69, 9.17) is 42.6 Å². The zero-order valence-electron chi connectivity index (χ0n) is 32.4. The number of ether oxygens (including phenoxy) is 9. The minimum atomic E-state index is -5.46. The predicted octanol–water partition coefficient (Wildman–Crippen LogP) is 3.67. The van der Waals surface area contributed by atoms with E-state index in [0.717, 1.165) is 31.9 Å². The standard InChI is InChI=1S/C41H46F3NO14/c1-24(46)52-23-31-34(55-25(2)47)35(56-26(3)48)32(45-40(50)41(42,43)44)39(58-31)59-37-36(54-21-29-17-11-6-12-18-29)33(53-20-28-15-9-5-10-16-28)30(57-38(37)49)22-51-19-27-13-7-4-8-14-27/h4-18,30-39,49H,19-23H2,1-3H3,(H,45,50)/t30-,31-,32-,33-,34-,35-,36+,37-,38+,39+/m1/s1. The largest absolute Gasteiger partial charge is 0.471 e. The van der Waals surface area contributed by atoms with Gasteiger partial charge in [0.25, 0.3) is 0 Å². The highest BCUT2D eigenvalue weighted by atomic mass is 19.4. The Hall–Kier alpha value is -4.95. The molecule has 0 spiro atoms. The maximum absolute atomic E-state index is 13.8. The summed E-state index contributed by atoms with van der Waals surface area (Å²) in [6, 6.07) is 25.1. The molecule has 0 aliphatic carbocycles. The smallest absolute Gasteiger partial charge is 0.463 e. The number of benzene rings is 3. The highest BCUT2D eigenvalue weighted by molar-refractivity contribution is 5.82. The highest BCUT2D eigenvalue weighted by Gasteiger charge is 2.56. The molecule has 10 atom stereocenters. The lowest BCUT2D eigenvalue weighted by Crippen LogP contribution is -2.69. The predicted molar refractivity (Wildman–Crippen MR) is 196 cm³/mol. The second kappa shape index (κ2) is 21.3. The molecule has 0 bridgehead atoms. The fraction of sp³-hybridized carbons (Fsp3) is 0.463. The van der Waals surface area contributed by atoms with Gasteiger partial charge >= 0.3 is 30.0 Å². The number of esters is 3. The van der Waals surface area contributed by atoms with Crippen molar-refractivity contribution < 1.29 is 80.1 Å². The van der Waals surface area contributed by atoms with Crippen molar-refractivity contribution in [2.24, 2.45) is 0 Å². The SMILES string of the molecule is CC(=O)OC[C@H]1O[C@@H](O[C@@H]2[C@@H](OCc3ccccc3)[C@H](OCc3ccccc3)[C@@H](COCc3ccccc3)O[C@@H]2O)[C@H](NC(=O)C(F)(F)F)[C@@H](OC(C)=O)[C@@H]1OC(C)=O. The average Bonchev–Trinajstić information content (AvgIpc) is 3.19. The summed E-state index contributed by atoms with van der Waals surface area (Å²) in [4.78, 5) is 49.1. The van der Waals surface area contributed by atoms with E-state index in [-0.39, 0.29) is 26.4 Å². The van der Waals surface area contributed by atoms with Gasteiger partial charge in [0.05, 0.1) is 26.4 Å². The first-order valence-corrected chi connectivity index (χ1v) is 18.6. The molecule has 0 unspecified atom stereocenters. The Morgan fingerprint density at radius 1 is 0.627 bits per heavy atom. The van der Waals surface area contributed by atoms with Crippen LogP contribution in [0.2, 0.25) is 0 Å². The zero-order valence-corrected chi connectivity index (χ0v) is 32.4. The first kappa shape index (κ1) is 45.1. The van der Waals surface area contributed by atoms with Crippen LogP contribution >= 0.6 is 0 Å². The molecular weight excluding hydrogens is 787 g/mol. The van der Waals surface area contributed by atoms with E-state index in [9.17, 15) is 37.5 Å². The van der Waals surface area contributed by atoms with Gasteiger partial charge in [-0.25, -0.2) is 0 Å². The van der Waals surface area contributed by atoms with Crippen LogP contribution in [0, 0.1) is 0 Å². The maximum Gasteiger partial charge on any atom is 0.471 e. The van der Waals surface area contributed by atoms with E-state index in [0.29, 0.717) is 5.56 Å². The Bertz CT molecular complexity index is 1800. The van der Waals surface area contributed by atoms with Gasteiger partial charge in [-0.3, -0.25) is 19.2 Å². The third-order valence-electron chi connectivity index (χ3n) is 9.12. The lowest BCUT2D eigenvalue weighted by Gasteiger charge is -2.49. The number of aliphatic hydroxyl groups excluding tert-OH is 1. The minimum Gasteiger partial charge on any atom is -0.463 e. The molecule has 1 amide bonds. The summed E-state index contributed by atoms with van der Waals surface area (Å²) in [6.45, 7) is 2.25. The van der Waals surface area contributed by atoms with E-state index in [2.05, 4.69) is 0 Å². The third-order valence-corrected chi connectivity index (χ3v) is 9.12. The number of halogens is 3. The summed E-state index contributed by atoms with van der Waals surface area (Å²) >= 11 is 0. The molecule has 5 rings (SSSR count). The Kier molecular flexibility index (Phi) is 16.3. The van der Waals surface area contributed by atoms with Gasteiger partial charge < -0.3 is 53.1 Å². The second-order valence-electron chi connectivity index (χ2n) is 13.7. The molecule has 2 fully saturated rings. The lowest BCUT2D eigenvalue weighted by atomic mass is 9.94. The first-order chi connectivity index (χ1) is 28.2. The van der Waals surface area contributed by atoms with Crippen LogP contribution in [0.3, 0.4) is 0 Å². The quantitative estimate of drug-likeness (QED) is 0.148. The second-order valence-corrected chi connectivity index (χ2v) is 13.7. The summed E-state index contributed by atoms with van der Waals surface area (Å²) in [5, 5.41) is 13.4. The Morgan fingerprint density at radius 3 is 1.63 bits per heavy atom. The number of alkyl halides is 3. The van der Waals surface area contributed by atoms with E-state index in [1.807, 2.05) is 48.5 Å². The Morgan fingerprint density at radius 2 is 1.12 bits per heavy atom. The van der Waals surface area contributed by atoms with Crippen LogP contribution in [0.25, 0.3) is 0 Å². The number of hydrogen-bond donors (Lipinski definition) is 2. The lowest BCUT2D eigenvalue weighted by molar-refractivity contribution is -0.358. The molecule has 59 heavy (non-hydrogen) atoms. The number of carbonyl (C=O) groups is 4. The monoisotopic (exact) mass is 833 g/mol. The number of amides is 1. The summed E-state index contributed by atoms with van der Waals surface area (Å²) in [5.74, 6) is -5.33. The van der Waals surface area contributed by atoms with Crippen LogP contribution in [0.1, 0.15) is 37.5 Å². The van der Waals surface area contributed by atoms with Gasteiger partial charge in [0.15, 0.2) is 24.8 Å². The van der Waals surface area contributed by atoms with Crippen molar-refractivity contribution in [1.29, 1.82) is 0 Å². The molecule has 0 radical (unpaired) electrons. The van der Waals surface area contributed by atoms with Crippen LogP contribution in [-0.2, 0) is 81.6 Å². The van der Waals surface area contributed by atoms with Gasteiger partial charge in [0.2, 0.25) is 0 Å². The van der Waals surface area contributed by atoms with Crippen LogP contribution < -0.4 is 5.32 Å². The normalized spacial score (nSPS) is 27.0. The van der Waals surface area contributed by atoms with Gasteiger partial charge in [-0.05, 0) is 16.7 Å². The van der Waals surface area contributed by atoms with Crippen LogP contribution in [0.5, 0.6) is 0 Å².